The minimum atomic E-state index is -1.34. The van der Waals surface area contributed by atoms with Crippen LogP contribution in [-0.2, 0) is 12.0 Å². The lowest BCUT2D eigenvalue weighted by atomic mass is 9.93. The molecule has 0 saturated heterocycles. The van der Waals surface area contributed by atoms with E-state index in [1.807, 2.05) is 12.1 Å². The molecule has 3 N–H and O–H groups in total. The average molecular weight is 336 g/mol. The number of anilines is 1. The summed E-state index contributed by atoms with van der Waals surface area (Å²) in [6.45, 7) is -0.336. The van der Waals surface area contributed by atoms with Crippen LogP contribution in [0.4, 0.5) is 23.7 Å². The van der Waals surface area contributed by atoms with Crippen LogP contribution in [0.1, 0.15) is 17.5 Å². The maximum atomic E-state index is 13.6. The number of nitrogens with one attached hydrogen (secondary N) is 2. The van der Waals surface area contributed by atoms with Gasteiger partial charge in [-0.05, 0) is 24.0 Å². The lowest BCUT2D eigenvalue weighted by molar-refractivity contribution is 0.164. The van der Waals surface area contributed by atoms with Crippen LogP contribution in [0.15, 0.2) is 36.4 Å². The number of aryl methyl sites for hydroxylation is 1. The van der Waals surface area contributed by atoms with Crippen molar-refractivity contribution in [2.45, 2.75) is 18.4 Å². The van der Waals surface area contributed by atoms with Gasteiger partial charge in [0.25, 0.3) is 0 Å². The molecule has 24 heavy (non-hydrogen) atoms. The van der Waals surface area contributed by atoms with Gasteiger partial charge in [0.15, 0.2) is 11.6 Å². The minimum Gasteiger partial charge on any atom is -0.394 e. The van der Waals surface area contributed by atoms with Gasteiger partial charge in [-0.15, -0.1) is 0 Å². The van der Waals surface area contributed by atoms with Gasteiger partial charge >= 0.3 is 6.03 Å². The second kappa shape index (κ2) is 6.16. The number of carbonyl (C=O) groups excluding carboxylic acids is 1. The third kappa shape index (κ3) is 2.82. The van der Waals surface area contributed by atoms with E-state index < -0.39 is 34.7 Å². The number of fused-ring (bicyclic) bond motifs is 1. The molecule has 1 unspecified atom stereocenters. The first-order valence-electron chi connectivity index (χ1n) is 7.38. The summed E-state index contributed by atoms with van der Waals surface area (Å²) in [7, 11) is 0. The summed E-state index contributed by atoms with van der Waals surface area (Å²) >= 11 is 0. The van der Waals surface area contributed by atoms with Gasteiger partial charge < -0.3 is 15.7 Å². The number of carbonyl (C=O) groups is 1. The smallest absolute Gasteiger partial charge is 0.320 e. The number of urea groups is 1. The zero-order chi connectivity index (χ0) is 17.3. The van der Waals surface area contributed by atoms with Crippen molar-refractivity contribution in [1.82, 2.24) is 5.32 Å². The quantitative estimate of drug-likeness (QED) is 0.755. The summed E-state index contributed by atoms with van der Waals surface area (Å²) in [6.07, 6.45) is 1.16. The van der Waals surface area contributed by atoms with Crippen molar-refractivity contribution in [3.8, 4) is 0 Å². The molecule has 1 aliphatic rings. The first kappa shape index (κ1) is 16.3. The highest BCUT2D eigenvalue weighted by molar-refractivity contribution is 5.90. The van der Waals surface area contributed by atoms with E-state index >= 15 is 0 Å². The molecule has 1 atom stereocenters. The van der Waals surface area contributed by atoms with Crippen LogP contribution in [-0.4, -0.2) is 17.7 Å². The number of aliphatic hydroxyl groups excluding tert-OH is 1. The van der Waals surface area contributed by atoms with Crippen LogP contribution in [0.2, 0.25) is 0 Å². The molecule has 2 amide bonds. The van der Waals surface area contributed by atoms with Crippen LogP contribution in [0.25, 0.3) is 0 Å². The van der Waals surface area contributed by atoms with E-state index in [1.165, 1.54) is 0 Å². The Balaban J connectivity index is 1.81. The van der Waals surface area contributed by atoms with E-state index in [0.29, 0.717) is 25.0 Å². The fourth-order valence-corrected chi connectivity index (χ4v) is 3.01. The van der Waals surface area contributed by atoms with Crippen molar-refractivity contribution in [2.24, 2.45) is 0 Å². The molecule has 0 aromatic heterocycles. The number of rotatable bonds is 3. The predicted octanol–water partition coefficient (Wildman–Crippen LogP) is 3.06. The average Bonchev–Trinajstić information content (AvgIpc) is 2.92. The summed E-state index contributed by atoms with van der Waals surface area (Å²) in [6, 6.07) is 7.48. The first-order valence-corrected chi connectivity index (χ1v) is 7.38. The van der Waals surface area contributed by atoms with Crippen LogP contribution in [0.5, 0.6) is 0 Å². The highest BCUT2D eigenvalue weighted by Crippen LogP contribution is 2.36. The largest absolute Gasteiger partial charge is 0.394 e. The first-order chi connectivity index (χ1) is 11.4. The molecule has 2 aromatic rings. The Morgan fingerprint density at radius 1 is 1.12 bits per heavy atom. The van der Waals surface area contributed by atoms with E-state index in [2.05, 4.69) is 10.6 Å². The number of hydrogen-bond donors (Lipinski definition) is 3. The lowest BCUT2D eigenvalue weighted by Gasteiger charge is -2.29. The predicted molar refractivity (Wildman–Crippen MR) is 82.0 cm³/mol. The van der Waals surface area contributed by atoms with Crippen LogP contribution < -0.4 is 10.6 Å². The molecular formula is C17H15F3N2O2. The van der Waals surface area contributed by atoms with Gasteiger partial charge in [-0.1, -0.05) is 24.3 Å². The van der Waals surface area contributed by atoms with Gasteiger partial charge in [0, 0.05) is 12.1 Å². The Morgan fingerprint density at radius 2 is 1.83 bits per heavy atom. The van der Waals surface area contributed by atoms with Crippen molar-refractivity contribution in [3.05, 3.63) is 65.0 Å². The van der Waals surface area contributed by atoms with Gasteiger partial charge in [-0.3, -0.25) is 0 Å². The van der Waals surface area contributed by atoms with E-state index in [9.17, 15) is 23.1 Å². The number of benzene rings is 2. The standard InChI is InChI=1S/C17H15F3N2O2/c18-12-7-14(20)15(8-13(12)19)21-16(24)22-17(9-23)6-5-10-3-1-2-4-11(10)17/h1-4,7-8,23H,5-6,9H2,(H2,21,22,24). The SMILES string of the molecule is O=C(Nc1cc(F)c(F)cc1F)NC1(CO)CCc2ccccc21. The molecular weight excluding hydrogens is 321 g/mol. The Kier molecular flexibility index (Phi) is 4.19. The van der Waals surface area contributed by atoms with Crippen molar-refractivity contribution < 1.29 is 23.1 Å². The van der Waals surface area contributed by atoms with Gasteiger partial charge in [0.1, 0.15) is 5.82 Å². The van der Waals surface area contributed by atoms with Crippen molar-refractivity contribution in [1.29, 1.82) is 0 Å². The number of aliphatic hydroxyl groups is 1. The maximum Gasteiger partial charge on any atom is 0.320 e. The summed E-state index contributed by atoms with van der Waals surface area (Å²) in [5.41, 5.74) is 0.320. The van der Waals surface area contributed by atoms with Crippen molar-refractivity contribution >= 4 is 11.7 Å². The zero-order valence-electron chi connectivity index (χ0n) is 12.6. The molecule has 0 fully saturated rings. The molecule has 0 heterocycles. The second-order valence-corrected chi connectivity index (χ2v) is 5.72. The number of amides is 2. The highest BCUT2D eigenvalue weighted by Gasteiger charge is 2.39. The molecule has 4 nitrogen and oxygen atoms in total. The third-order valence-electron chi connectivity index (χ3n) is 4.23. The maximum absolute atomic E-state index is 13.6. The molecule has 0 saturated carbocycles. The van der Waals surface area contributed by atoms with Crippen molar-refractivity contribution in [3.63, 3.8) is 0 Å². The molecule has 0 bridgehead atoms. The second-order valence-electron chi connectivity index (χ2n) is 5.72. The van der Waals surface area contributed by atoms with Crippen molar-refractivity contribution in [2.75, 3.05) is 11.9 Å². The number of hydrogen-bond acceptors (Lipinski definition) is 2. The van der Waals surface area contributed by atoms with Crippen LogP contribution in [0, 0.1) is 17.5 Å². The van der Waals surface area contributed by atoms with Gasteiger partial charge in [-0.25, -0.2) is 18.0 Å². The molecule has 126 valence electrons. The van der Waals surface area contributed by atoms with Gasteiger partial charge in [0.05, 0.1) is 17.8 Å². The Hall–Kier alpha value is -2.54. The van der Waals surface area contributed by atoms with Gasteiger partial charge in [0.2, 0.25) is 0 Å². The molecule has 0 spiro atoms. The molecule has 0 radical (unpaired) electrons. The fraction of sp³-hybridized carbons (Fsp3) is 0.235. The lowest BCUT2D eigenvalue weighted by Crippen LogP contribution is -2.49. The van der Waals surface area contributed by atoms with E-state index in [0.717, 1.165) is 11.1 Å². The van der Waals surface area contributed by atoms with E-state index in [4.69, 9.17) is 0 Å². The third-order valence-corrected chi connectivity index (χ3v) is 4.23. The monoisotopic (exact) mass is 336 g/mol. The molecule has 0 aliphatic heterocycles. The molecule has 2 aromatic carbocycles. The summed E-state index contributed by atoms with van der Waals surface area (Å²) in [5.74, 6) is -3.70. The normalized spacial score (nSPS) is 19.0. The van der Waals surface area contributed by atoms with Crippen LogP contribution >= 0.6 is 0 Å². The van der Waals surface area contributed by atoms with Gasteiger partial charge in [-0.2, -0.15) is 0 Å². The van der Waals surface area contributed by atoms with E-state index in [1.54, 1.807) is 12.1 Å². The Labute approximate surface area is 136 Å². The molecule has 7 heteroatoms. The molecule has 3 rings (SSSR count). The Bertz CT molecular complexity index is 797. The summed E-state index contributed by atoms with van der Waals surface area (Å²) < 4.78 is 39.8. The zero-order valence-corrected chi connectivity index (χ0v) is 12.6. The fourth-order valence-electron chi connectivity index (χ4n) is 3.01. The Morgan fingerprint density at radius 3 is 2.58 bits per heavy atom. The minimum absolute atomic E-state index is 0.336. The van der Waals surface area contributed by atoms with Crippen LogP contribution in [0.3, 0.4) is 0 Å². The molecule has 1 aliphatic carbocycles. The highest BCUT2D eigenvalue weighted by atomic mass is 19.2. The summed E-state index contributed by atoms with van der Waals surface area (Å²) in [4.78, 5) is 12.2. The summed E-state index contributed by atoms with van der Waals surface area (Å²) in [5, 5.41) is 14.6. The van der Waals surface area contributed by atoms with E-state index in [-0.39, 0.29) is 6.61 Å². The number of halogens is 3. The topological polar surface area (TPSA) is 61.4 Å².